The zero-order chi connectivity index (χ0) is 17.0. The number of hydrogen-bond acceptors (Lipinski definition) is 6. The van der Waals surface area contributed by atoms with Gasteiger partial charge in [-0.1, -0.05) is 6.07 Å². The molecular formula is C15H16N2O5S. The van der Waals surface area contributed by atoms with Gasteiger partial charge in [-0.15, -0.1) is 0 Å². The van der Waals surface area contributed by atoms with E-state index in [9.17, 15) is 18.5 Å². The third-order valence-corrected chi connectivity index (χ3v) is 4.33. The summed E-state index contributed by atoms with van der Waals surface area (Å²) < 4.78 is 28.3. The third kappa shape index (κ3) is 4.19. The zero-order valence-electron chi connectivity index (χ0n) is 12.6. The van der Waals surface area contributed by atoms with Crippen molar-refractivity contribution in [3.63, 3.8) is 0 Å². The molecule has 0 aliphatic carbocycles. The van der Waals surface area contributed by atoms with Crippen LogP contribution in [0.2, 0.25) is 0 Å². The van der Waals surface area contributed by atoms with Crippen LogP contribution in [-0.2, 0) is 16.4 Å². The first-order chi connectivity index (χ1) is 10.8. The largest absolute Gasteiger partial charge is 0.496 e. The van der Waals surface area contributed by atoms with Crippen molar-refractivity contribution in [1.82, 2.24) is 0 Å². The molecule has 1 N–H and O–H groups in total. The maximum Gasteiger partial charge on any atom is 0.270 e. The molecule has 0 heterocycles. The third-order valence-electron chi connectivity index (χ3n) is 3.22. The Balaban J connectivity index is 2.24. The number of nitro groups is 1. The molecule has 0 aromatic heterocycles. The summed E-state index contributed by atoms with van der Waals surface area (Å²) in [5.74, 6) is 0.516. The Morgan fingerprint density at radius 3 is 2.57 bits per heavy atom. The average molecular weight is 336 g/mol. The van der Waals surface area contributed by atoms with Crippen LogP contribution in [0.15, 0.2) is 47.4 Å². The van der Waals surface area contributed by atoms with Crippen molar-refractivity contribution in [2.45, 2.75) is 11.4 Å². The number of rotatable bonds is 6. The van der Waals surface area contributed by atoms with Gasteiger partial charge in [0.05, 0.1) is 16.9 Å². The molecule has 8 heteroatoms. The molecular weight excluding hydrogens is 320 g/mol. The van der Waals surface area contributed by atoms with Gasteiger partial charge in [0.15, 0.2) is 9.84 Å². The Bertz CT molecular complexity index is 834. The van der Waals surface area contributed by atoms with E-state index in [0.29, 0.717) is 17.0 Å². The Morgan fingerprint density at radius 2 is 1.96 bits per heavy atom. The van der Waals surface area contributed by atoms with Gasteiger partial charge in [0.1, 0.15) is 5.75 Å². The van der Waals surface area contributed by atoms with Gasteiger partial charge in [-0.05, 0) is 24.3 Å². The van der Waals surface area contributed by atoms with Crippen molar-refractivity contribution in [2.75, 3.05) is 18.7 Å². The minimum atomic E-state index is -3.29. The highest BCUT2D eigenvalue weighted by Gasteiger charge is 2.12. The molecule has 0 amide bonds. The minimum Gasteiger partial charge on any atom is -0.496 e. The van der Waals surface area contributed by atoms with Crippen molar-refractivity contribution in [2.24, 2.45) is 0 Å². The molecule has 0 unspecified atom stereocenters. The second-order valence-corrected chi connectivity index (χ2v) is 6.92. The van der Waals surface area contributed by atoms with E-state index >= 15 is 0 Å². The lowest BCUT2D eigenvalue weighted by molar-refractivity contribution is -0.384. The molecule has 0 aliphatic heterocycles. The number of anilines is 1. The second-order valence-electron chi connectivity index (χ2n) is 4.91. The molecule has 0 saturated heterocycles. The molecule has 0 atom stereocenters. The van der Waals surface area contributed by atoms with E-state index in [4.69, 9.17) is 4.74 Å². The predicted octanol–water partition coefficient (Wildman–Crippen LogP) is 2.62. The van der Waals surface area contributed by atoms with Crippen molar-refractivity contribution in [3.8, 4) is 5.75 Å². The van der Waals surface area contributed by atoms with Gasteiger partial charge in [-0.2, -0.15) is 0 Å². The zero-order valence-corrected chi connectivity index (χ0v) is 13.5. The summed E-state index contributed by atoms with van der Waals surface area (Å²) in [4.78, 5) is 10.6. The van der Waals surface area contributed by atoms with Gasteiger partial charge >= 0.3 is 0 Å². The highest BCUT2D eigenvalue weighted by atomic mass is 32.2. The Morgan fingerprint density at radius 1 is 1.22 bits per heavy atom. The van der Waals surface area contributed by atoms with Gasteiger partial charge in [0, 0.05) is 36.2 Å². The maximum absolute atomic E-state index is 11.6. The monoisotopic (exact) mass is 336 g/mol. The number of methoxy groups -OCH3 is 1. The van der Waals surface area contributed by atoms with E-state index in [1.807, 2.05) is 0 Å². The normalized spacial score (nSPS) is 11.0. The fraction of sp³-hybridized carbons (Fsp3) is 0.200. The van der Waals surface area contributed by atoms with Crippen LogP contribution >= 0.6 is 0 Å². The lowest BCUT2D eigenvalue weighted by atomic mass is 10.1. The van der Waals surface area contributed by atoms with Crippen molar-refractivity contribution >= 4 is 21.2 Å². The van der Waals surface area contributed by atoms with Crippen LogP contribution in [0.4, 0.5) is 11.4 Å². The molecule has 0 bridgehead atoms. The minimum absolute atomic E-state index is 0.0347. The quantitative estimate of drug-likeness (QED) is 0.643. The average Bonchev–Trinajstić information content (AvgIpc) is 2.52. The first-order valence-corrected chi connectivity index (χ1v) is 8.55. The number of nitrogens with one attached hydrogen (secondary N) is 1. The van der Waals surface area contributed by atoms with Crippen molar-refractivity contribution in [1.29, 1.82) is 0 Å². The molecule has 2 aromatic carbocycles. The molecule has 122 valence electrons. The summed E-state index contributed by atoms with van der Waals surface area (Å²) in [5, 5.41) is 13.9. The molecule has 2 rings (SSSR count). The topological polar surface area (TPSA) is 98.5 Å². The van der Waals surface area contributed by atoms with Gasteiger partial charge in [0.25, 0.3) is 5.69 Å². The fourth-order valence-corrected chi connectivity index (χ4v) is 2.72. The Labute approximate surface area is 134 Å². The summed E-state index contributed by atoms with van der Waals surface area (Å²) in [6, 6.07) is 10.7. The first-order valence-electron chi connectivity index (χ1n) is 6.66. The number of ether oxygens (including phenoxy) is 1. The fourth-order valence-electron chi connectivity index (χ4n) is 2.05. The molecule has 23 heavy (non-hydrogen) atoms. The molecule has 0 aliphatic rings. The number of hydrogen-bond donors (Lipinski definition) is 1. The summed E-state index contributed by atoms with van der Waals surface area (Å²) in [6.45, 7) is 0.262. The second kappa shape index (κ2) is 6.66. The number of nitro benzene ring substituents is 1. The molecule has 0 fully saturated rings. The summed E-state index contributed by atoms with van der Waals surface area (Å²) in [6.07, 6.45) is 1.13. The number of nitrogens with zero attached hydrogens (tertiary/aromatic N) is 1. The number of non-ortho nitro benzene ring substituents is 1. The van der Waals surface area contributed by atoms with Gasteiger partial charge < -0.3 is 10.1 Å². The van der Waals surface area contributed by atoms with Crippen molar-refractivity contribution in [3.05, 3.63) is 58.1 Å². The highest BCUT2D eigenvalue weighted by molar-refractivity contribution is 7.90. The number of benzene rings is 2. The van der Waals surface area contributed by atoms with Crippen molar-refractivity contribution < 1.29 is 18.1 Å². The van der Waals surface area contributed by atoms with Crippen LogP contribution in [-0.4, -0.2) is 26.7 Å². The Kier molecular flexibility index (Phi) is 4.85. The molecule has 0 spiro atoms. The van der Waals surface area contributed by atoms with Crippen LogP contribution in [0, 0.1) is 10.1 Å². The van der Waals surface area contributed by atoms with Gasteiger partial charge in [0.2, 0.25) is 0 Å². The first kappa shape index (κ1) is 16.8. The molecule has 0 radical (unpaired) electrons. The lowest BCUT2D eigenvalue weighted by Gasteiger charge is -2.11. The summed E-state index contributed by atoms with van der Waals surface area (Å²) in [5.41, 5.74) is 1.17. The standard InChI is InChI=1S/C15H16N2O5S/c1-22-15-7-6-13(17(18)19)8-11(15)10-16-12-4-3-5-14(9-12)23(2,20)21/h3-9,16H,10H2,1-2H3. The molecule has 0 saturated carbocycles. The van der Waals surface area contributed by atoms with Gasteiger partial charge in [-0.25, -0.2) is 8.42 Å². The number of sulfone groups is 1. The van der Waals surface area contributed by atoms with E-state index in [-0.39, 0.29) is 17.1 Å². The van der Waals surface area contributed by atoms with Crippen LogP contribution < -0.4 is 10.1 Å². The summed E-state index contributed by atoms with van der Waals surface area (Å²) >= 11 is 0. The highest BCUT2D eigenvalue weighted by Crippen LogP contribution is 2.25. The smallest absolute Gasteiger partial charge is 0.270 e. The lowest BCUT2D eigenvalue weighted by Crippen LogP contribution is -2.04. The van der Waals surface area contributed by atoms with Crippen LogP contribution in [0.3, 0.4) is 0 Å². The van der Waals surface area contributed by atoms with Crippen LogP contribution in [0.5, 0.6) is 5.75 Å². The summed E-state index contributed by atoms with van der Waals surface area (Å²) in [7, 11) is -1.81. The van der Waals surface area contributed by atoms with E-state index in [0.717, 1.165) is 6.26 Å². The molecule has 7 nitrogen and oxygen atoms in total. The van der Waals surface area contributed by atoms with E-state index in [1.54, 1.807) is 12.1 Å². The van der Waals surface area contributed by atoms with Gasteiger partial charge in [-0.3, -0.25) is 10.1 Å². The van der Waals surface area contributed by atoms with E-state index in [1.165, 1.54) is 37.4 Å². The SMILES string of the molecule is COc1ccc([N+](=O)[O-])cc1CNc1cccc(S(C)(=O)=O)c1. The van der Waals surface area contributed by atoms with E-state index < -0.39 is 14.8 Å². The predicted molar refractivity (Wildman–Crippen MR) is 86.5 cm³/mol. The Hall–Kier alpha value is -2.61. The van der Waals surface area contributed by atoms with Crippen LogP contribution in [0.25, 0.3) is 0 Å². The maximum atomic E-state index is 11.6. The van der Waals surface area contributed by atoms with E-state index in [2.05, 4.69) is 5.32 Å². The molecule has 2 aromatic rings. The van der Waals surface area contributed by atoms with Crippen LogP contribution in [0.1, 0.15) is 5.56 Å².